The van der Waals surface area contributed by atoms with Gasteiger partial charge in [0.25, 0.3) is 0 Å². The molecule has 4 rings (SSSR count). The Kier molecular flexibility index (Phi) is 5.44. The summed E-state index contributed by atoms with van der Waals surface area (Å²) < 4.78 is 0. The molecule has 0 radical (unpaired) electrons. The number of piperidine rings is 1. The lowest BCUT2D eigenvalue weighted by Gasteiger charge is -2.32. The summed E-state index contributed by atoms with van der Waals surface area (Å²) in [4.78, 5) is 23.9. The normalized spacial score (nSPS) is 16.9. The molecule has 0 unspecified atom stereocenters. The third-order valence-corrected chi connectivity index (χ3v) is 5.65. The molecular weight excluding hydrogens is 356 g/mol. The fourth-order valence-electron chi connectivity index (χ4n) is 3.38. The van der Waals surface area contributed by atoms with Crippen LogP contribution in [0, 0.1) is 5.92 Å². The zero-order chi connectivity index (χ0) is 18.5. The second kappa shape index (κ2) is 8.31. The first-order valence-corrected chi connectivity index (χ1v) is 10.1. The molecule has 6 heteroatoms. The first-order chi connectivity index (χ1) is 13.3. The highest BCUT2D eigenvalue weighted by molar-refractivity contribution is 7.09. The van der Waals surface area contributed by atoms with Crippen LogP contribution in [0.3, 0.4) is 0 Å². The van der Waals surface area contributed by atoms with Crippen molar-refractivity contribution < 1.29 is 4.79 Å². The molecule has 3 heterocycles. The van der Waals surface area contributed by atoms with Crippen LogP contribution in [0.25, 0.3) is 11.3 Å². The third-order valence-electron chi connectivity index (χ3n) is 4.80. The fraction of sp³-hybridized carbons (Fsp3) is 0.286. The van der Waals surface area contributed by atoms with E-state index in [1.165, 1.54) is 0 Å². The molecule has 3 aromatic rings. The standard InChI is InChI=1S/C21H22N4OS/c26-21(17-9-6-12-25(14-17)19-10-4-5-11-22-19)23-13-20-24-18(15-27-20)16-7-2-1-3-8-16/h1-5,7-8,10-11,15,17H,6,9,12-14H2,(H,23,26)/t17-/m0/s1. The highest BCUT2D eigenvalue weighted by Crippen LogP contribution is 2.23. The molecule has 1 aliphatic heterocycles. The zero-order valence-electron chi connectivity index (χ0n) is 15.0. The lowest BCUT2D eigenvalue weighted by molar-refractivity contribution is -0.125. The number of carbonyl (C=O) groups is 1. The first kappa shape index (κ1) is 17.7. The topological polar surface area (TPSA) is 58.1 Å². The SMILES string of the molecule is O=C(NCc1nc(-c2ccccc2)cs1)[C@H]1CCCN(c2ccccn2)C1. The number of carbonyl (C=O) groups excluding carboxylic acids is 1. The average molecular weight is 379 g/mol. The second-order valence-corrected chi connectivity index (χ2v) is 7.63. The Labute approximate surface area is 163 Å². The molecule has 1 atom stereocenters. The van der Waals surface area contributed by atoms with Crippen LogP contribution in [-0.2, 0) is 11.3 Å². The van der Waals surface area contributed by atoms with E-state index in [0.717, 1.165) is 48.0 Å². The van der Waals surface area contributed by atoms with E-state index in [1.807, 2.05) is 53.9 Å². The number of benzene rings is 1. The lowest BCUT2D eigenvalue weighted by Crippen LogP contribution is -2.43. The highest BCUT2D eigenvalue weighted by Gasteiger charge is 2.26. The van der Waals surface area contributed by atoms with Crippen molar-refractivity contribution in [2.24, 2.45) is 5.92 Å². The van der Waals surface area contributed by atoms with E-state index >= 15 is 0 Å². The summed E-state index contributed by atoms with van der Waals surface area (Å²) in [5.41, 5.74) is 2.06. The molecule has 1 aromatic carbocycles. The molecule has 1 saturated heterocycles. The molecule has 5 nitrogen and oxygen atoms in total. The predicted molar refractivity (Wildman–Crippen MR) is 109 cm³/mol. The Morgan fingerprint density at radius 3 is 2.85 bits per heavy atom. The molecule has 0 aliphatic carbocycles. The maximum absolute atomic E-state index is 12.6. The van der Waals surface area contributed by atoms with Crippen LogP contribution in [0.15, 0.2) is 60.1 Å². The summed E-state index contributed by atoms with van der Waals surface area (Å²) in [6, 6.07) is 16.0. The van der Waals surface area contributed by atoms with Gasteiger partial charge in [-0.15, -0.1) is 11.3 Å². The maximum Gasteiger partial charge on any atom is 0.225 e. The predicted octanol–water partition coefficient (Wildman–Crippen LogP) is 3.74. The Hall–Kier alpha value is -2.73. The van der Waals surface area contributed by atoms with Gasteiger partial charge in [-0.25, -0.2) is 9.97 Å². The van der Waals surface area contributed by atoms with Crippen LogP contribution in [0.5, 0.6) is 0 Å². The minimum atomic E-state index is -0.00527. The number of amides is 1. The Morgan fingerprint density at radius 1 is 1.19 bits per heavy atom. The minimum Gasteiger partial charge on any atom is -0.356 e. The van der Waals surface area contributed by atoms with Crippen LogP contribution in [0.4, 0.5) is 5.82 Å². The van der Waals surface area contributed by atoms with Crippen molar-refractivity contribution in [2.75, 3.05) is 18.0 Å². The molecule has 0 saturated carbocycles. The number of anilines is 1. The summed E-state index contributed by atoms with van der Waals surface area (Å²) >= 11 is 1.58. The van der Waals surface area contributed by atoms with Crippen LogP contribution in [0.1, 0.15) is 17.8 Å². The monoisotopic (exact) mass is 378 g/mol. The Balaban J connectivity index is 1.33. The van der Waals surface area contributed by atoms with E-state index in [-0.39, 0.29) is 11.8 Å². The molecule has 1 amide bonds. The van der Waals surface area contributed by atoms with Gasteiger partial charge in [0.1, 0.15) is 10.8 Å². The van der Waals surface area contributed by atoms with Crippen molar-refractivity contribution in [3.8, 4) is 11.3 Å². The van der Waals surface area contributed by atoms with Crippen LogP contribution < -0.4 is 10.2 Å². The summed E-state index contributed by atoms with van der Waals surface area (Å²) in [5, 5.41) is 6.04. The molecular formula is C21H22N4OS. The molecule has 1 aliphatic rings. The van der Waals surface area contributed by atoms with Crippen LogP contribution in [-0.4, -0.2) is 29.0 Å². The van der Waals surface area contributed by atoms with Crippen LogP contribution >= 0.6 is 11.3 Å². The molecule has 1 N–H and O–H groups in total. The van der Waals surface area contributed by atoms with E-state index < -0.39 is 0 Å². The number of thiazole rings is 1. The molecule has 2 aromatic heterocycles. The van der Waals surface area contributed by atoms with E-state index in [0.29, 0.717) is 6.54 Å². The van der Waals surface area contributed by atoms with Crippen LogP contribution in [0.2, 0.25) is 0 Å². The van der Waals surface area contributed by atoms with Gasteiger partial charge in [-0.2, -0.15) is 0 Å². The van der Waals surface area contributed by atoms with Gasteiger partial charge in [-0.1, -0.05) is 36.4 Å². The number of hydrogen-bond donors (Lipinski definition) is 1. The van der Waals surface area contributed by atoms with Gasteiger partial charge >= 0.3 is 0 Å². The van der Waals surface area contributed by atoms with Crippen molar-refractivity contribution in [2.45, 2.75) is 19.4 Å². The summed E-state index contributed by atoms with van der Waals surface area (Å²) in [7, 11) is 0. The Bertz CT molecular complexity index is 881. The van der Waals surface area contributed by atoms with Gasteiger partial charge in [0.15, 0.2) is 0 Å². The van der Waals surface area contributed by atoms with Gasteiger partial charge < -0.3 is 10.2 Å². The second-order valence-electron chi connectivity index (χ2n) is 6.68. The van der Waals surface area contributed by atoms with E-state index in [1.54, 1.807) is 17.5 Å². The quantitative estimate of drug-likeness (QED) is 0.735. The number of rotatable bonds is 5. The Morgan fingerprint density at radius 2 is 2.04 bits per heavy atom. The number of nitrogens with one attached hydrogen (secondary N) is 1. The summed E-state index contributed by atoms with van der Waals surface area (Å²) in [6.45, 7) is 2.15. The van der Waals surface area contributed by atoms with Crippen molar-refractivity contribution in [1.82, 2.24) is 15.3 Å². The zero-order valence-corrected chi connectivity index (χ0v) is 15.9. The minimum absolute atomic E-state index is 0.00527. The number of aromatic nitrogens is 2. The summed E-state index contributed by atoms with van der Waals surface area (Å²) in [6.07, 6.45) is 3.72. The van der Waals surface area contributed by atoms with Gasteiger partial charge in [0, 0.05) is 30.2 Å². The largest absolute Gasteiger partial charge is 0.356 e. The molecule has 138 valence electrons. The first-order valence-electron chi connectivity index (χ1n) is 9.23. The number of pyridine rings is 1. The molecule has 0 bridgehead atoms. The van der Waals surface area contributed by atoms with Crippen molar-refractivity contribution in [3.05, 3.63) is 65.1 Å². The molecule has 1 fully saturated rings. The number of hydrogen-bond acceptors (Lipinski definition) is 5. The maximum atomic E-state index is 12.6. The molecule has 27 heavy (non-hydrogen) atoms. The van der Waals surface area contributed by atoms with E-state index in [2.05, 4.69) is 20.2 Å². The van der Waals surface area contributed by atoms with Crippen molar-refractivity contribution in [3.63, 3.8) is 0 Å². The summed E-state index contributed by atoms with van der Waals surface area (Å²) in [5.74, 6) is 1.05. The van der Waals surface area contributed by atoms with Crippen molar-refractivity contribution in [1.29, 1.82) is 0 Å². The van der Waals surface area contributed by atoms with Gasteiger partial charge in [-0.3, -0.25) is 4.79 Å². The van der Waals surface area contributed by atoms with Gasteiger partial charge in [0.2, 0.25) is 5.91 Å². The van der Waals surface area contributed by atoms with E-state index in [9.17, 15) is 4.79 Å². The fourth-order valence-corrected chi connectivity index (χ4v) is 4.12. The van der Waals surface area contributed by atoms with Crippen molar-refractivity contribution >= 4 is 23.1 Å². The average Bonchev–Trinajstić information content (AvgIpc) is 3.22. The molecule has 0 spiro atoms. The van der Waals surface area contributed by atoms with Gasteiger partial charge in [-0.05, 0) is 25.0 Å². The van der Waals surface area contributed by atoms with E-state index in [4.69, 9.17) is 0 Å². The third kappa shape index (κ3) is 4.34. The highest BCUT2D eigenvalue weighted by atomic mass is 32.1. The van der Waals surface area contributed by atoms with Gasteiger partial charge in [0.05, 0.1) is 18.2 Å². The smallest absolute Gasteiger partial charge is 0.225 e. The number of nitrogens with zero attached hydrogens (tertiary/aromatic N) is 3. The lowest BCUT2D eigenvalue weighted by atomic mass is 9.97.